The number of nitrogens with one attached hydrogen (secondary N) is 2. The summed E-state index contributed by atoms with van der Waals surface area (Å²) in [5.74, 6) is -1.88. The van der Waals surface area contributed by atoms with Crippen molar-refractivity contribution in [2.45, 2.75) is 43.8 Å². The minimum absolute atomic E-state index is 0.00983. The van der Waals surface area contributed by atoms with Gasteiger partial charge in [0.05, 0.1) is 31.1 Å². The molecule has 12 heteroatoms. The van der Waals surface area contributed by atoms with Gasteiger partial charge in [-0.25, -0.2) is 4.79 Å². The number of aliphatic hydroxyl groups is 3. The van der Waals surface area contributed by atoms with E-state index in [-0.39, 0.29) is 45.2 Å². The zero-order chi connectivity index (χ0) is 26.8. The molecule has 12 nitrogen and oxygen atoms in total. The number of carbonyl (C=O) groups excluding carboxylic acids is 3. The van der Waals surface area contributed by atoms with E-state index < -0.39 is 48.2 Å². The lowest BCUT2D eigenvalue weighted by atomic mass is 9.91. The summed E-state index contributed by atoms with van der Waals surface area (Å²) >= 11 is 0. The largest absolute Gasteiger partial charge is 0.499 e. The zero-order valence-corrected chi connectivity index (χ0v) is 20.4. The highest BCUT2D eigenvalue weighted by Gasteiger charge is 2.43. The molecule has 1 aliphatic heterocycles. The van der Waals surface area contributed by atoms with Crippen LogP contribution in [0.15, 0.2) is 42.2 Å². The summed E-state index contributed by atoms with van der Waals surface area (Å²) in [5.41, 5.74) is 1.28. The Morgan fingerprint density at radius 1 is 1.16 bits per heavy atom. The van der Waals surface area contributed by atoms with E-state index in [4.69, 9.17) is 29.2 Å². The van der Waals surface area contributed by atoms with Crippen LogP contribution in [0.4, 0.5) is 0 Å². The molecule has 3 rings (SSSR count). The van der Waals surface area contributed by atoms with Gasteiger partial charge < -0.3 is 44.9 Å². The van der Waals surface area contributed by atoms with Crippen LogP contribution in [0.5, 0.6) is 0 Å². The Labute approximate surface area is 213 Å². The standard InChI is InChI=1S/C25H32N2O10/c1-15(30)21(24(32)26-7-8-28)27-23(31)18-12-19-22(36-14-35-19)20(13-18)37-25(33)17-4-2-16(3-5-17)6-10-34-11-9-29/h2-6,10,12,15,19-22,28-30H,7-9,11,13-14H2,1H3,(H,26,32)(H,27,31). The van der Waals surface area contributed by atoms with E-state index in [2.05, 4.69) is 10.6 Å². The fourth-order valence-electron chi connectivity index (χ4n) is 3.84. The van der Waals surface area contributed by atoms with Crippen LogP contribution in [0.1, 0.15) is 29.3 Å². The lowest BCUT2D eigenvalue weighted by molar-refractivity contribution is -0.130. The number of hydrogen-bond donors (Lipinski definition) is 5. The number of benzene rings is 1. The second kappa shape index (κ2) is 13.9. The van der Waals surface area contributed by atoms with E-state index >= 15 is 0 Å². The van der Waals surface area contributed by atoms with E-state index in [1.165, 1.54) is 13.2 Å². The first kappa shape index (κ1) is 28.3. The van der Waals surface area contributed by atoms with E-state index in [0.29, 0.717) is 5.56 Å². The molecule has 2 aliphatic rings. The summed E-state index contributed by atoms with van der Waals surface area (Å²) in [6, 6.07) is 5.32. The topological polar surface area (TPSA) is 173 Å². The minimum Gasteiger partial charge on any atom is -0.499 e. The van der Waals surface area contributed by atoms with Gasteiger partial charge in [-0.1, -0.05) is 12.1 Å². The molecule has 5 unspecified atom stereocenters. The molecule has 5 atom stereocenters. The van der Waals surface area contributed by atoms with Crippen molar-refractivity contribution in [3.63, 3.8) is 0 Å². The van der Waals surface area contributed by atoms with Gasteiger partial charge in [-0.05, 0) is 36.8 Å². The molecule has 1 aromatic rings. The van der Waals surface area contributed by atoms with Crippen molar-refractivity contribution in [3.05, 3.63) is 53.3 Å². The molecular weight excluding hydrogens is 488 g/mol. The number of esters is 1. The number of aliphatic hydroxyl groups excluding tert-OH is 3. The molecule has 2 amide bonds. The molecule has 0 radical (unpaired) electrons. The number of ether oxygens (including phenoxy) is 4. The van der Waals surface area contributed by atoms with Crippen LogP contribution < -0.4 is 10.6 Å². The van der Waals surface area contributed by atoms with Crippen LogP contribution in [0.25, 0.3) is 6.08 Å². The lowest BCUT2D eigenvalue weighted by Gasteiger charge is -2.31. The Hall–Kier alpha value is -3.29. The van der Waals surface area contributed by atoms with E-state index in [1.807, 2.05) is 0 Å². The number of hydrogen-bond acceptors (Lipinski definition) is 10. The molecule has 1 fully saturated rings. The summed E-state index contributed by atoms with van der Waals surface area (Å²) in [6.07, 6.45) is 1.43. The van der Waals surface area contributed by atoms with Crippen LogP contribution in [-0.2, 0) is 28.5 Å². The first-order valence-corrected chi connectivity index (χ1v) is 11.9. The Morgan fingerprint density at radius 3 is 2.59 bits per heavy atom. The maximum absolute atomic E-state index is 13.0. The van der Waals surface area contributed by atoms with Crippen LogP contribution in [-0.4, -0.2) is 96.7 Å². The molecule has 0 saturated carbocycles. The first-order chi connectivity index (χ1) is 17.8. The highest BCUT2D eigenvalue weighted by atomic mass is 16.7. The predicted octanol–water partition coefficient (Wildman–Crippen LogP) is -0.763. The monoisotopic (exact) mass is 520 g/mol. The molecular formula is C25H32N2O10. The summed E-state index contributed by atoms with van der Waals surface area (Å²) in [7, 11) is 0. The summed E-state index contributed by atoms with van der Waals surface area (Å²) in [4.78, 5) is 38.1. The molecule has 0 aromatic heterocycles. The minimum atomic E-state index is -1.25. The Morgan fingerprint density at radius 2 is 1.92 bits per heavy atom. The number of rotatable bonds is 12. The average molecular weight is 521 g/mol. The fraction of sp³-hybridized carbons (Fsp3) is 0.480. The van der Waals surface area contributed by atoms with Crippen molar-refractivity contribution in [1.82, 2.24) is 10.6 Å². The van der Waals surface area contributed by atoms with E-state index in [0.717, 1.165) is 5.56 Å². The van der Waals surface area contributed by atoms with Gasteiger partial charge in [0.25, 0.3) is 0 Å². The van der Waals surface area contributed by atoms with Gasteiger partial charge in [0, 0.05) is 18.5 Å². The molecule has 0 spiro atoms. The highest BCUT2D eigenvalue weighted by molar-refractivity contribution is 5.97. The second-order valence-corrected chi connectivity index (χ2v) is 8.45. The number of amides is 2. The van der Waals surface area contributed by atoms with E-state index in [1.54, 1.807) is 36.4 Å². The van der Waals surface area contributed by atoms with Crippen molar-refractivity contribution >= 4 is 23.9 Å². The van der Waals surface area contributed by atoms with Gasteiger partial charge >= 0.3 is 5.97 Å². The van der Waals surface area contributed by atoms with Crippen molar-refractivity contribution in [2.24, 2.45) is 0 Å². The molecule has 1 aliphatic carbocycles. The Kier molecular flexibility index (Phi) is 10.6. The zero-order valence-electron chi connectivity index (χ0n) is 20.4. The van der Waals surface area contributed by atoms with Crippen LogP contribution in [0.2, 0.25) is 0 Å². The fourth-order valence-corrected chi connectivity index (χ4v) is 3.84. The average Bonchev–Trinajstić information content (AvgIpc) is 3.37. The van der Waals surface area contributed by atoms with Gasteiger partial charge in [0.1, 0.15) is 37.8 Å². The molecule has 1 saturated heterocycles. The maximum atomic E-state index is 13.0. The normalized spacial score (nSPS) is 22.5. The highest BCUT2D eigenvalue weighted by Crippen LogP contribution is 2.31. The lowest BCUT2D eigenvalue weighted by Crippen LogP contribution is -2.54. The van der Waals surface area contributed by atoms with Crippen LogP contribution >= 0.6 is 0 Å². The molecule has 5 N–H and O–H groups in total. The third kappa shape index (κ3) is 7.84. The third-order valence-electron chi connectivity index (χ3n) is 5.72. The van der Waals surface area contributed by atoms with Crippen LogP contribution in [0.3, 0.4) is 0 Å². The molecule has 37 heavy (non-hydrogen) atoms. The summed E-state index contributed by atoms with van der Waals surface area (Å²) in [5, 5.41) is 32.5. The van der Waals surface area contributed by atoms with Crippen molar-refractivity contribution in [1.29, 1.82) is 0 Å². The van der Waals surface area contributed by atoms with Crippen molar-refractivity contribution < 1.29 is 48.7 Å². The smallest absolute Gasteiger partial charge is 0.338 e. The van der Waals surface area contributed by atoms with Gasteiger partial charge in [-0.3, -0.25) is 9.59 Å². The van der Waals surface area contributed by atoms with Crippen molar-refractivity contribution in [2.75, 3.05) is 33.2 Å². The quantitative estimate of drug-likeness (QED) is 0.134. The SMILES string of the molecule is CC(O)C(NC(=O)C1=CC2OCOC2C(OC(=O)c2ccc(C=COCCO)cc2)C1)C(=O)NCCO. The van der Waals surface area contributed by atoms with E-state index in [9.17, 15) is 19.5 Å². The molecule has 202 valence electrons. The van der Waals surface area contributed by atoms with Gasteiger partial charge in [0.2, 0.25) is 11.8 Å². The molecule has 0 bridgehead atoms. The third-order valence-corrected chi connectivity index (χ3v) is 5.72. The Balaban J connectivity index is 1.66. The Bertz CT molecular complexity index is 992. The van der Waals surface area contributed by atoms with Gasteiger partial charge in [-0.15, -0.1) is 0 Å². The second-order valence-electron chi connectivity index (χ2n) is 8.45. The summed E-state index contributed by atoms with van der Waals surface area (Å²) in [6.45, 7) is 1.10. The first-order valence-electron chi connectivity index (χ1n) is 11.9. The van der Waals surface area contributed by atoms with Gasteiger partial charge in [-0.2, -0.15) is 0 Å². The maximum Gasteiger partial charge on any atom is 0.338 e. The van der Waals surface area contributed by atoms with Gasteiger partial charge in [0.15, 0.2) is 0 Å². The summed E-state index contributed by atoms with van der Waals surface area (Å²) < 4.78 is 21.8. The molecule has 1 aromatic carbocycles. The number of carbonyl (C=O) groups is 3. The van der Waals surface area contributed by atoms with Crippen molar-refractivity contribution in [3.8, 4) is 0 Å². The van der Waals surface area contributed by atoms with Crippen LogP contribution in [0, 0.1) is 0 Å². The predicted molar refractivity (Wildman–Crippen MR) is 129 cm³/mol. The molecule has 1 heterocycles. The number of fused-ring (bicyclic) bond motifs is 1.